The van der Waals surface area contributed by atoms with Gasteiger partial charge in [0.15, 0.2) is 0 Å². The summed E-state index contributed by atoms with van der Waals surface area (Å²) in [7, 11) is 0. The lowest BCUT2D eigenvalue weighted by Crippen LogP contribution is -1.90. The van der Waals surface area contributed by atoms with E-state index in [9.17, 15) is 5.11 Å². The minimum Gasteiger partial charge on any atom is -0.389 e. The van der Waals surface area contributed by atoms with Gasteiger partial charge in [-0.15, -0.1) is 23.1 Å². The van der Waals surface area contributed by atoms with Gasteiger partial charge in [0.1, 0.15) is 5.01 Å². The number of aliphatic hydroxyl groups excluding tert-OH is 1. The van der Waals surface area contributed by atoms with Gasteiger partial charge in [0.05, 0.1) is 11.9 Å². The van der Waals surface area contributed by atoms with Gasteiger partial charge < -0.3 is 5.11 Å². The summed E-state index contributed by atoms with van der Waals surface area (Å²) in [5, 5.41) is 12.7. The Balaban J connectivity index is 2.01. The number of benzene rings is 1. The van der Waals surface area contributed by atoms with E-state index in [-0.39, 0.29) is 0 Å². The molecule has 0 bridgehead atoms. The summed E-state index contributed by atoms with van der Waals surface area (Å²) in [5.41, 5.74) is 2.05. The maximum absolute atomic E-state index is 9.52. The fourth-order valence-corrected chi connectivity index (χ4v) is 3.23. The molecule has 0 fully saturated rings. The highest BCUT2D eigenvalue weighted by Crippen LogP contribution is 2.26. The zero-order chi connectivity index (χ0) is 12.3. The second-order valence-electron chi connectivity index (χ2n) is 3.92. The van der Waals surface area contributed by atoms with Crippen LogP contribution in [0.25, 0.3) is 0 Å². The van der Waals surface area contributed by atoms with Gasteiger partial charge in [-0.3, -0.25) is 0 Å². The average Bonchev–Trinajstić information content (AvgIpc) is 2.73. The Bertz CT molecular complexity index is 494. The molecule has 0 aliphatic heterocycles. The number of nitrogens with zero attached hydrogens (tertiary/aromatic N) is 1. The van der Waals surface area contributed by atoms with E-state index < -0.39 is 6.10 Å². The molecule has 1 atom stereocenters. The van der Waals surface area contributed by atoms with Crippen LogP contribution in [0.4, 0.5) is 0 Å². The molecule has 17 heavy (non-hydrogen) atoms. The van der Waals surface area contributed by atoms with Crippen molar-refractivity contribution in [3.63, 3.8) is 0 Å². The molecular weight excluding hydrogens is 250 g/mol. The number of thioether (sulfide) groups is 1. The fraction of sp³-hybridized carbons (Fsp3) is 0.308. The molecule has 1 unspecified atom stereocenters. The van der Waals surface area contributed by atoms with Crippen LogP contribution in [0.1, 0.15) is 29.3 Å². The second kappa shape index (κ2) is 5.67. The van der Waals surface area contributed by atoms with Crippen molar-refractivity contribution in [2.24, 2.45) is 0 Å². The monoisotopic (exact) mass is 265 g/mol. The summed E-state index contributed by atoms with van der Waals surface area (Å²) < 4.78 is 0. The number of hydrogen-bond donors (Lipinski definition) is 1. The van der Waals surface area contributed by atoms with Crippen LogP contribution in [0.15, 0.2) is 34.5 Å². The average molecular weight is 265 g/mol. The SMILES string of the molecule is Cc1csc(CSc2cccc(C(C)O)c2)n1. The van der Waals surface area contributed by atoms with E-state index in [1.165, 1.54) is 4.90 Å². The van der Waals surface area contributed by atoms with E-state index in [4.69, 9.17) is 0 Å². The Morgan fingerprint density at radius 1 is 1.47 bits per heavy atom. The Morgan fingerprint density at radius 2 is 2.29 bits per heavy atom. The van der Waals surface area contributed by atoms with E-state index in [0.717, 1.165) is 22.0 Å². The highest BCUT2D eigenvalue weighted by molar-refractivity contribution is 7.98. The van der Waals surface area contributed by atoms with Gasteiger partial charge in [0, 0.05) is 16.0 Å². The number of aryl methyl sites for hydroxylation is 1. The summed E-state index contributed by atoms with van der Waals surface area (Å²) in [4.78, 5) is 5.61. The van der Waals surface area contributed by atoms with Crippen LogP contribution in [0.3, 0.4) is 0 Å². The summed E-state index contributed by atoms with van der Waals surface area (Å²) in [6, 6.07) is 8.03. The number of rotatable bonds is 4. The van der Waals surface area contributed by atoms with Crippen molar-refractivity contribution in [2.75, 3.05) is 0 Å². The first-order valence-corrected chi connectivity index (χ1v) is 7.33. The van der Waals surface area contributed by atoms with E-state index in [0.29, 0.717) is 0 Å². The molecule has 2 rings (SSSR count). The number of hydrogen-bond acceptors (Lipinski definition) is 4. The molecule has 4 heteroatoms. The van der Waals surface area contributed by atoms with Gasteiger partial charge in [-0.05, 0) is 31.5 Å². The minimum atomic E-state index is -0.405. The summed E-state index contributed by atoms with van der Waals surface area (Å²) in [6.45, 7) is 3.80. The van der Waals surface area contributed by atoms with Crippen LogP contribution in [0, 0.1) is 6.92 Å². The Labute approximate surface area is 110 Å². The lowest BCUT2D eigenvalue weighted by Gasteiger charge is -2.06. The summed E-state index contributed by atoms with van der Waals surface area (Å²) >= 11 is 3.45. The van der Waals surface area contributed by atoms with Crippen LogP contribution in [0.2, 0.25) is 0 Å². The summed E-state index contributed by atoms with van der Waals surface area (Å²) in [6.07, 6.45) is -0.405. The molecule has 0 radical (unpaired) electrons. The zero-order valence-corrected chi connectivity index (χ0v) is 11.5. The standard InChI is InChI=1S/C13H15NOS2/c1-9-7-17-13(14-9)8-16-12-5-3-4-11(6-12)10(2)15/h3-7,10,15H,8H2,1-2H3. The third kappa shape index (κ3) is 3.56. The first kappa shape index (κ1) is 12.6. The predicted molar refractivity (Wildman–Crippen MR) is 73.5 cm³/mol. The highest BCUT2D eigenvalue weighted by atomic mass is 32.2. The summed E-state index contributed by atoms with van der Waals surface area (Å²) in [5.74, 6) is 0.891. The van der Waals surface area contributed by atoms with Crippen molar-refractivity contribution >= 4 is 23.1 Å². The topological polar surface area (TPSA) is 33.1 Å². The maximum atomic E-state index is 9.52. The van der Waals surface area contributed by atoms with Gasteiger partial charge in [-0.1, -0.05) is 12.1 Å². The molecule has 90 valence electrons. The Morgan fingerprint density at radius 3 is 2.94 bits per heavy atom. The second-order valence-corrected chi connectivity index (χ2v) is 5.91. The number of aromatic nitrogens is 1. The van der Waals surface area contributed by atoms with Crippen LogP contribution in [0.5, 0.6) is 0 Å². The van der Waals surface area contributed by atoms with Gasteiger partial charge in [0.25, 0.3) is 0 Å². The van der Waals surface area contributed by atoms with Crippen molar-refractivity contribution in [2.45, 2.75) is 30.6 Å². The largest absolute Gasteiger partial charge is 0.389 e. The molecule has 0 amide bonds. The van der Waals surface area contributed by atoms with E-state index in [1.807, 2.05) is 25.1 Å². The molecule has 0 aliphatic rings. The van der Waals surface area contributed by atoms with Crippen LogP contribution < -0.4 is 0 Å². The third-order valence-corrected chi connectivity index (χ3v) is 4.52. The van der Waals surface area contributed by atoms with Crippen LogP contribution in [-0.4, -0.2) is 10.1 Å². The molecule has 1 N–H and O–H groups in total. The molecule has 1 aromatic heterocycles. The van der Waals surface area contributed by atoms with E-state index in [1.54, 1.807) is 30.0 Å². The van der Waals surface area contributed by atoms with Gasteiger partial charge in [0.2, 0.25) is 0 Å². The molecule has 1 heterocycles. The molecule has 0 aliphatic carbocycles. The fourth-order valence-electron chi connectivity index (χ4n) is 1.48. The number of thiazole rings is 1. The molecule has 0 spiro atoms. The van der Waals surface area contributed by atoms with Gasteiger partial charge >= 0.3 is 0 Å². The van der Waals surface area contributed by atoms with Gasteiger partial charge in [-0.2, -0.15) is 0 Å². The molecule has 1 aromatic carbocycles. The van der Waals surface area contributed by atoms with Crippen LogP contribution >= 0.6 is 23.1 Å². The van der Waals surface area contributed by atoms with Crippen molar-refractivity contribution in [3.8, 4) is 0 Å². The smallest absolute Gasteiger partial charge is 0.103 e. The molecule has 0 saturated carbocycles. The van der Waals surface area contributed by atoms with E-state index >= 15 is 0 Å². The van der Waals surface area contributed by atoms with Crippen molar-refractivity contribution in [1.29, 1.82) is 0 Å². The third-order valence-electron chi connectivity index (χ3n) is 2.37. The van der Waals surface area contributed by atoms with E-state index in [2.05, 4.69) is 16.4 Å². The Kier molecular flexibility index (Phi) is 4.20. The molecular formula is C13H15NOS2. The number of aliphatic hydroxyl groups is 1. The van der Waals surface area contributed by atoms with Crippen molar-refractivity contribution in [1.82, 2.24) is 4.98 Å². The highest BCUT2D eigenvalue weighted by Gasteiger charge is 2.04. The quantitative estimate of drug-likeness (QED) is 0.854. The zero-order valence-electron chi connectivity index (χ0n) is 9.88. The first-order valence-electron chi connectivity index (χ1n) is 5.47. The lowest BCUT2D eigenvalue weighted by molar-refractivity contribution is 0.199. The van der Waals surface area contributed by atoms with Crippen molar-refractivity contribution < 1.29 is 5.11 Å². The molecule has 2 nitrogen and oxygen atoms in total. The predicted octanol–water partition coefficient (Wildman–Crippen LogP) is 3.80. The first-order chi connectivity index (χ1) is 8.15. The maximum Gasteiger partial charge on any atom is 0.103 e. The van der Waals surface area contributed by atoms with Gasteiger partial charge in [-0.25, -0.2) is 4.98 Å². The van der Waals surface area contributed by atoms with Crippen molar-refractivity contribution in [3.05, 3.63) is 45.9 Å². The molecule has 0 saturated heterocycles. The lowest BCUT2D eigenvalue weighted by atomic mass is 10.1. The molecule has 2 aromatic rings. The van der Waals surface area contributed by atoms with Crippen LogP contribution in [-0.2, 0) is 5.75 Å². The Hall–Kier alpha value is -0.840. The minimum absolute atomic E-state index is 0.405. The normalized spacial score (nSPS) is 12.6.